The molecule has 0 aromatic heterocycles. The highest BCUT2D eigenvalue weighted by atomic mass is 16.5. The fourth-order valence-corrected chi connectivity index (χ4v) is 4.30. The maximum absolute atomic E-state index is 13.4. The summed E-state index contributed by atoms with van der Waals surface area (Å²) in [6.07, 6.45) is 1.87. The first-order valence-corrected chi connectivity index (χ1v) is 10.5. The van der Waals surface area contributed by atoms with Crippen molar-refractivity contribution in [1.29, 1.82) is 0 Å². The van der Waals surface area contributed by atoms with E-state index in [0.717, 1.165) is 34.4 Å². The number of amides is 1. The van der Waals surface area contributed by atoms with Crippen molar-refractivity contribution in [2.45, 2.75) is 25.3 Å². The molecule has 3 aromatic rings. The van der Waals surface area contributed by atoms with Gasteiger partial charge < -0.3 is 19.5 Å². The van der Waals surface area contributed by atoms with Crippen molar-refractivity contribution in [2.75, 3.05) is 20.8 Å². The zero-order valence-electron chi connectivity index (χ0n) is 17.9. The lowest BCUT2D eigenvalue weighted by molar-refractivity contribution is -0.133. The predicted molar refractivity (Wildman–Crippen MR) is 120 cm³/mol. The molecule has 0 radical (unpaired) electrons. The second kappa shape index (κ2) is 9.13. The summed E-state index contributed by atoms with van der Waals surface area (Å²) in [6, 6.07) is 20.7. The van der Waals surface area contributed by atoms with Gasteiger partial charge in [0.1, 0.15) is 17.2 Å². The van der Waals surface area contributed by atoms with Crippen LogP contribution in [0.4, 0.5) is 0 Å². The predicted octanol–water partition coefficient (Wildman–Crippen LogP) is 4.52. The minimum atomic E-state index is -0.284. The van der Waals surface area contributed by atoms with Gasteiger partial charge in [0.15, 0.2) is 0 Å². The Kier molecular flexibility index (Phi) is 6.12. The summed E-state index contributed by atoms with van der Waals surface area (Å²) < 4.78 is 11.2. The van der Waals surface area contributed by atoms with E-state index < -0.39 is 0 Å². The van der Waals surface area contributed by atoms with E-state index in [1.165, 1.54) is 0 Å². The Balaban J connectivity index is 1.71. The maximum Gasteiger partial charge on any atom is 0.223 e. The van der Waals surface area contributed by atoms with Gasteiger partial charge in [0.2, 0.25) is 5.91 Å². The number of carbonyl (C=O) groups excluding carboxylic acids is 1. The van der Waals surface area contributed by atoms with E-state index in [1.807, 2.05) is 59.5 Å². The van der Waals surface area contributed by atoms with Crippen LogP contribution in [0, 0.1) is 0 Å². The smallest absolute Gasteiger partial charge is 0.223 e. The molecule has 1 amide bonds. The summed E-state index contributed by atoms with van der Waals surface area (Å²) in [5.41, 5.74) is 4.18. The lowest BCUT2D eigenvalue weighted by Gasteiger charge is -2.39. The number of aryl methyl sites for hydroxylation is 1. The molecule has 1 aliphatic rings. The Hall–Kier alpha value is -3.47. The van der Waals surface area contributed by atoms with E-state index in [2.05, 4.69) is 0 Å². The summed E-state index contributed by atoms with van der Waals surface area (Å²) in [7, 11) is 3.28. The minimum absolute atomic E-state index is 0.102. The number of ether oxygens (including phenoxy) is 2. The number of methoxy groups -OCH3 is 2. The fraction of sp³-hybridized carbons (Fsp3) is 0.269. The summed E-state index contributed by atoms with van der Waals surface area (Å²) in [6.45, 7) is 0.614. The molecule has 0 saturated carbocycles. The normalized spacial score (nSPS) is 15.3. The number of fused-ring (bicyclic) bond motifs is 1. The van der Waals surface area contributed by atoms with Gasteiger partial charge in [-0.1, -0.05) is 42.5 Å². The second-order valence-electron chi connectivity index (χ2n) is 7.72. The van der Waals surface area contributed by atoms with E-state index in [9.17, 15) is 9.90 Å². The van der Waals surface area contributed by atoms with Crippen LogP contribution in [0.25, 0.3) is 0 Å². The van der Waals surface area contributed by atoms with Crippen LogP contribution < -0.4 is 9.47 Å². The zero-order chi connectivity index (χ0) is 21.8. The number of benzene rings is 3. The Labute approximate surface area is 182 Å². The molecule has 4 rings (SSSR count). The number of nitrogens with zero attached hydrogens (tertiary/aromatic N) is 1. The summed E-state index contributed by atoms with van der Waals surface area (Å²) >= 11 is 0. The number of phenols is 1. The fourth-order valence-electron chi connectivity index (χ4n) is 4.30. The maximum atomic E-state index is 13.4. The first-order chi connectivity index (χ1) is 15.1. The third kappa shape index (κ3) is 4.36. The first-order valence-electron chi connectivity index (χ1n) is 10.5. The Morgan fingerprint density at radius 1 is 1.03 bits per heavy atom. The van der Waals surface area contributed by atoms with Crippen molar-refractivity contribution >= 4 is 5.91 Å². The van der Waals surface area contributed by atoms with Crippen LogP contribution >= 0.6 is 0 Å². The number of carbonyl (C=O) groups is 1. The Morgan fingerprint density at radius 3 is 2.45 bits per heavy atom. The van der Waals surface area contributed by atoms with Gasteiger partial charge in [-0.2, -0.15) is 0 Å². The van der Waals surface area contributed by atoms with Crippen molar-refractivity contribution in [1.82, 2.24) is 4.90 Å². The largest absolute Gasteiger partial charge is 0.508 e. The van der Waals surface area contributed by atoms with E-state index in [0.29, 0.717) is 25.1 Å². The molecule has 3 aromatic carbocycles. The topological polar surface area (TPSA) is 59.0 Å². The molecule has 0 saturated heterocycles. The zero-order valence-corrected chi connectivity index (χ0v) is 17.9. The Bertz CT molecular complexity index is 1030. The van der Waals surface area contributed by atoms with Crippen molar-refractivity contribution < 1.29 is 19.4 Å². The lowest BCUT2D eigenvalue weighted by Crippen LogP contribution is -2.41. The van der Waals surface area contributed by atoms with Gasteiger partial charge in [-0.05, 0) is 47.7 Å². The molecule has 1 atom stereocenters. The van der Waals surface area contributed by atoms with Crippen molar-refractivity contribution in [3.63, 3.8) is 0 Å². The summed E-state index contributed by atoms with van der Waals surface area (Å²) in [5, 5.41) is 9.78. The van der Waals surface area contributed by atoms with Crippen molar-refractivity contribution in [2.24, 2.45) is 0 Å². The highest BCUT2D eigenvalue weighted by Gasteiger charge is 2.34. The first kappa shape index (κ1) is 20.8. The standard InChI is InChI=1S/C26H27NO4/c1-30-22-16-20-14-15-27(24(29)13-8-18-6-4-3-5-7-18)26(25(20)23(17-22)31-2)19-9-11-21(28)12-10-19/h3-7,9-12,16-17,26,28H,8,13-15H2,1-2H3. The average molecular weight is 418 g/mol. The minimum Gasteiger partial charge on any atom is -0.508 e. The van der Waals surface area contributed by atoms with Gasteiger partial charge in [0.25, 0.3) is 0 Å². The molecule has 5 nitrogen and oxygen atoms in total. The van der Waals surface area contributed by atoms with Crippen molar-refractivity contribution in [3.8, 4) is 17.2 Å². The third-order valence-corrected chi connectivity index (χ3v) is 5.86. The molecule has 1 heterocycles. The molecule has 0 spiro atoms. The number of rotatable bonds is 6. The molecular weight excluding hydrogens is 390 g/mol. The number of hydrogen-bond donors (Lipinski definition) is 1. The highest BCUT2D eigenvalue weighted by Crippen LogP contribution is 2.43. The van der Waals surface area contributed by atoms with E-state index >= 15 is 0 Å². The van der Waals surface area contributed by atoms with Crippen LogP contribution in [0.2, 0.25) is 0 Å². The molecule has 31 heavy (non-hydrogen) atoms. The monoisotopic (exact) mass is 417 g/mol. The van der Waals surface area contributed by atoms with E-state index in [4.69, 9.17) is 9.47 Å². The molecule has 1 unspecified atom stereocenters. The lowest BCUT2D eigenvalue weighted by atomic mass is 9.86. The molecule has 5 heteroatoms. The molecule has 0 fully saturated rings. The van der Waals surface area contributed by atoms with E-state index in [1.54, 1.807) is 26.4 Å². The van der Waals surface area contributed by atoms with Crippen LogP contribution in [-0.2, 0) is 17.6 Å². The summed E-state index contributed by atoms with van der Waals surface area (Å²) in [5.74, 6) is 1.74. The van der Waals surface area contributed by atoms with Crippen LogP contribution in [-0.4, -0.2) is 36.7 Å². The number of phenolic OH excluding ortho intramolecular Hbond substituents is 1. The Morgan fingerprint density at radius 2 is 1.77 bits per heavy atom. The second-order valence-corrected chi connectivity index (χ2v) is 7.72. The van der Waals surface area contributed by atoms with Gasteiger partial charge in [0, 0.05) is 24.6 Å². The molecule has 0 aliphatic carbocycles. The van der Waals surface area contributed by atoms with Gasteiger partial charge in [-0.15, -0.1) is 0 Å². The SMILES string of the molecule is COc1cc2c(c(OC)c1)C(c1ccc(O)cc1)N(C(=O)CCc1ccccc1)CC2. The molecule has 0 bridgehead atoms. The summed E-state index contributed by atoms with van der Waals surface area (Å²) in [4.78, 5) is 15.3. The van der Waals surface area contributed by atoms with Gasteiger partial charge in [-0.3, -0.25) is 4.79 Å². The van der Waals surface area contributed by atoms with Gasteiger partial charge >= 0.3 is 0 Å². The van der Waals surface area contributed by atoms with Crippen LogP contribution in [0.15, 0.2) is 66.7 Å². The quantitative estimate of drug-likeness (QED) is 0.641. The molecular formula is C26H27NO4. The molecule has 1 aliphatic heterocycles. The molecule has 160 valence electrons. The number of aromatic hydroxyl groups is 1. The number of hydrogen-bond acceptors (Lipinski definition) is 4. The van der Waals surface area contributed by atoms with E-state index in [-0.39, 0.29) is 17.7 Å². The average Bonchev–Trinajstić information content (AvgIpc) is 2.82. The van der Waals surface area contributed by atoms with Gasteiger partial charge in [-0.25, -0.2) is 0 Å². The van der Waals surface area contributed by atoms with Crippen LogP contribution in [0.3, 0.4) is 0 Å². The van der Waals surface area contributed by atoms with Crippen molar-refractivity contribution in [3.05, 3.63) is 89.0 Å². The third-order valence-electron chi connectivity index (χ3n) is 5.86. The highest BCUT2D eigenvalue weighted by molar-refractivity contribution is 5.78. The van der Waals surface area contributed by atoms with Gasteiger partial charge in [0.05, 0.1) is 20.3 Å². The van der Waals surface area contributed by atoms with Crippen LogP contribution in [0.5, 0.6) is 17.2 Å². The molecule has 1 N–H and O–H groups in total. The van der Waals surface area contributed by atoms with Crippen LogP contribution in [0.1, 0.15) is 34.7 Å².